The fourth-order valence-corrected chi connectivity index (χ4v) is 2.42. The van der Waals surface area contributed by atoms with Gasteiger partial charge in [0.25, 0.3) is 5.56 Å². The Morgan fingerprint density at radius 3 is 2.18 bits per heavy atom. The van der Waals surface area contributed by atoms with Crippen LogP contribution in [0.25, 0.3) is 11.3 Å². The molecule has 0 aliphatic carbocycles. The van der Waals surface area contributed by atoms with Crippen molar-refractivity contribution in [3.8, 4) is 22.8 Å². The first-order chi connectivity index (χ1) is 10.4. The van der Waals surface area contributed by atoms with Crippen LogP contribution in [-0.2, 0) is 6.54 Å². The zero-order chi connectivity index (χ0) is 16.4. The summed E-state index contributed by atoms with van der Waals surface area (Å²) in [4.78, 5) is 12.1. The Kier molecular flexibility index (Phi) is 4.71. The average Bonchev–Trinajstić information content (AvgIpc) is 2.49. The number of pyridine rings is 1. The molecule has 2 rings (SSSR count). The molecule has 2 aromatic rings. The van der Waals surface area contributed by atoms with Gasteiger partial charge in [-0.3, -0.25) is 4.79 Å². The second kappa shape index (κ2) is 6.36. The Balaban J connectivity index is 2.88. The minimum absolute atomic E-state index is 0.00273. The summed E-state index contributed by atoms with van der Waals surface area (Å²) in [6, 6.07) is 3.32. The number of rotatable bonds is 4. The van der Waals surface area contributed by atoms with E-state index in [1.165, 1.54) is 20.3 Å². The van der Waals surface area contributed by atoms with Gasteiger partial charge in [-0.15, -0.1) is 0 Å². The first-order valence-electron chi connectivity index (χ1n) is 6.45. The molecule has 0 radical (unpaired) electrons. The Bertz CT molecular complexity index is 751. The molecule has 0 unspecified atom stereocenters. The van der Waals surface area contributed by atoms with Crippen LogP contribution >= 0.6 is 11.6 Å². The van der Waals surface area contributed by atoms with Crippen LogP contribution < -0.4 is 15.0 Å². The summed E-state index contributed by atoms with van der Waals surface area (Å²) in [5.74, 6) is -1.58. The van der Waals surface area contributed by atoms with Crippen molar-refractivity contribution in [1.29, 1.82) is 0 Å². The molecule has 0 saturated carbocycles. The maximum Gasteiger partial charge on any atom is 0.270 e. The Morgan fingerprint density at radius 1 is 1.14 bits per heavy atom. The molecule has 1 aromatic carbocycles. The molecular weight excluding hydrogens is 316 g/mol. The normalized spacial score (nSPS) is 10.6. The molecule has 1 aromatic heterocycles. The number of hydrogen-bond donors (Lipinski definition) is 0. The van der Waals surface area contributed by atoms with E-state index in [4.69, 9.17) is 21.1 Å². The van der Waals surface area contributed by atoms with Gasteiger partial charge in [0.2, 0.25) is 0 Å². The number of methoxy groups -OCH3 is 2. The molecule has 0 aliphatic rings. The van der Waals surface area contributed by atoms with Gasteiger partial charge in [0.05, 0.1) is 25.5 Å². The van der Waals surface area contributed by atoms with Crippen molar-refractivity contribution >= 4 is 11.6 Å². The van der Waals surface area contributed by atoms with Crippen molar-refractivity contribution in [2.45, 2.75) is 13.5 Å². The summed E-state index contributed by atoms with van der Waals surface area (Å²) in [7, 11) is 2.64. The maximum atomic E-state index is 14.3. The molecule has 1 heterocycles. The highest BCUT2D eigenvalue weighted by Gasteiger charge is 2.22. The van der Waals surface area contributed by atoms with Crippen LogP contribution in [-0.4, -0.2) is 18.8 Å². The van der Waals surface area contributed by atoms with E-state index < -0.39 is 17.2 Å². The van der Waals surface area contributed by atoms with Gasteiger partial charge in [-0.1, -0.05) is 11.6 Å². The first kappa shape index (κ1) is 16.3. The van der Waals surface area contributed by atoms with Crippen molar-refractivity contribution in [3.63, 3.8) is 0 Å². The van der Waals surface area contributed by atoms with E-state index >= 15 is 0 Å². The third kappa shape index (κ3) is 2.66. The highest BCUT2D eigenvalue weighted by atomic mass is 35.5. The monoisotopic (exact) mass is 329 g/mol. The average molecular weight is 330 g/mol. The number of nitrogens with zero attached hydrogens (tertiary/aromatic N) is 1. The van der Waals surface area contributed by atoms with Crippen molar-refractivity contribution in [2.75, 3.05) is 14.2 Å². The van der Waals surface area contributed by atoms with E-state index in [0.717, 1.165) is 16.7 Å². The zero-order valence-corrected chi connectivity index (χ0v) is 13.0. The number of hydrogen-bond acceptors (Lipinski definition) is 3. The van der Waals surface area contributed by atoms with Crippen LogP contribution in [0.5, 0.6) is 11.5 Å². The molecule has 22 heavy (non-hydrogen) atoms. The minimum atomic E-state index is -0.862. The van der Waals surface area contributed by atoms with Crippen molar-refractivity contribution in [1.82, 2.24) is 4.57 Å². The highest BCUT2D eigenvalue weighted by Crippen LogP contribution is 2.36. The van der Waals surface area contributed by atoms with E-state index in [2.05, 4.69) is 0 Å². The van der Waals surface area contributed by atoms with Crippen LogP contribution in [0.3, 0.4) is 0 Å². The van der Waals surface area contributed by atoms with Crippen LogP contribution in [0.4, 0.5) is 8.78 Å². The van der Waals surface area contributed by atoms with Gasteiger partial charge in [-0.25, -0.2) is 8.78 Å². The third-order valence-electron chi connectivity index (χ3n) is 3.23. The molecule has 4 nitrogen and oxygen atoms in total. The Morgan fingerprint density at radius 2 is 1.73 bits per heavy atom. The smallest absolute Gasteiger partial charge is 0.270 e. The molecule has 0 aliphatic heterocycles. The molecule has 0 bridgehead atoms. The minimum Gasteiger partial charge on any atom is -0.497 e. The lowest BCUT2D eigenvalue weighted by atomic mass is 10.1. The first-order valence-corrected chi connectivity index (χ1v) is 6.83. The summed E-state index contributed by atoms with van der Waals surface area (Å²) in [6.07, 6.45) is 0. The molecular formula is C15H14ClF2NO3. The third-order valence-corrected chi connectivity index (χ3v) is 3.51. The molecule has 0 amide bonds. The number of aromatic nitrogens is 1. The predicted octanol–water partition coefficient (Wildman–Crippen LogP) is 3.48. The van der Waals surface area contributed by atoms with Crippen molar-refractivity contribution in [3.05, 3.63) is 45.2 Å². The van der Waals surface area contributed by atoms with Gasteiger partial charge >= 0.3 is 0 Å². The quantitative estimate of drug-likeness (QED) is 0.862. The molecule has 0 atom stereocenters. The zero-order valence-electron chi connectivity index (χ0n) is 12.2. The maximum absolute atomic E-state index is 14.3. The number of benzene rings is 1. The molecule has 0 N–H and O–H groups in total. The molecule has 7 heteroatoms. The van der Waals surface area contributed by atoms with Gasteiger partial charge in [-0.2, -0.15) is 0 Å². The van der Waals surface area contributed by atoms with E-state index in [9.17, 15) is 13.6 Å². The number of halogens is 3. The van der Waals surface area contributed by atoms with E-state index in [0.29, 0.717) is 0 Å². The van der Waals surface area contributed by atoms with Gasteiger partial charge in [-0.05, 0) is 6.92 Å². The lowest BCUT2D eigenvalue weighted by Crippen LogP contribution is -2.22. The summed E-state index contributed by atoms with van der Waals surface area (Å²) in [6.45, 7) is 1.84. The second-order valence-electron chi connectivity index (χ2n) is 4.42. The highest BCUT2D eigenvalue weighted by molar-refractivity contribution is 6.30. The summed E-state index contributed by atoms with van der Waals surface area (Å²) >= 11 is 5.84. The van der Waals surface area contributed by atoms with E-state index in [1.54, 1.807) is 6.92 Å². The van der Waals surface area contributed by atoms with Crippen LogP contribution in [0.1, 0.15) is 6.92 Å². The van der Waals surface area contributed by atoms with Gasteiger partial charge in [0.15, 0.2) is 0 Å². The Labute approximate surface area is 130 Å². The predicted molar refractivity (Wildman–Crippen MR) is 79.8 cm³/mol. The van der Waals surface area contributed by atoms with E-state index in [1.807, 2.05) is 0 Å². The van der Waals surface area contributed by atoms with Crippen LogP contribution in [0, 0.1) is 11.6 Å². The van der Waals surface area contributed by atoms with Gasteiger partial charge < -0.3 is 14.0 Å². The largest absolute Gasteiger partial charge is 0.497 e. The SMILES string of the molecule is CCn1c(-c2c(F)cc(OC)cc2F)c(OC)cc(Cl)c1=O. The second-order valence-corrected chi connectivity index (χ2v) is 4.83. The number of ether oxygens (including phenoxy) is 2. The van der Waals surface area contributed by atoms with Crippen LogP contribution in [0.15, 0.2) is 23.0 Å². The molecule has 0 fully saturated rings. The van der Waals surface area contributed by atoms with Crippen molar-refractivity contribution < 1.29 is 18.3 Å². The Hall–Kier alpha value is -2.08. The van der Waals surface area contributed by atoms with Crippen LogP contribution in [0.2, 0.25) is 5.02 Å². The molecule has 118 valence electrons. The summed E-state index contributed by atoms with van der Waals surface area (Å²) in [5.41, 5.74) is -0.917. The van der Waals surface area contributed by atoms with Gasteiger partial charge in [0, 0.05) is 24.7 Å². The lowest BCUT2D eigenvalue weighted by Gasteiger charge is -2.17. The lowest BCUT2D eigenvalue weighted by molar-refractivity contribution is 0.404. The van der Waals surface area contributed by atoms with E-state index in [-0.39, 0.29) is 34.3 Å². The topological polar surface area (TPSA) is 40.5 Å². The fourth-order valence-electron chi connectivity index (χ4n) is 2.22. The molecule has 0 saturated heterocycles. The standard InChI is InChI=1S/C15H14ClF2NO3/c1-4-19-14(12(22-3)7-9(16)15(19)20)13-10(17)5-8(21-2)6-11(13)18/h5-7H,4H2,1-3H3. The van der Waals surface area contributed by atoms with Gasteiger partial charge in [0.1, 0.15) is 28.2 Å². The fraction of sp³-hybridized carbons (Fsp3) is 0.267. The molecule has 0 spiro atoms. The van der Waals surface area contributed by atoms with Crippen molar-refractivity contribution in [2.24, 2.45) is 0 Å². The summed E-state index contributed by atoms with van der Waals surface area (Å²) in [5, 5.41) is -0.0863. The summed E-state index contributed by atoms with van der Waals surface area (Å²) < 4.78 is 39.8.